The van der Waals surface area contributed by atoms with Crippen LogP contribution in [0.3, 0.4) is 0 Å². The lowest BCUT2D eigenvalue weighted by Crippen LogP contribution is -2.41. The average molecular weight is 322 g/mol. The van der Waals surface area contributed by atoms with Gasteiger partial charge in [0.25, 0.3) is 11.8 Å². The first-order valence-corrected chi connectivity index (χ1v) is 8.18. The van der Waals surface area contributed by atoms with Crippen LogP contribution in [-0.4, -0.2) is 20.6 Å². The molecule has 0 bridgehead atoms. The van der Waals surface area contributed by atoms with Crippen molar-refractivity contribution in [1.29, 1.82) is 0 Å². The van der Waals surface area contributed by atoms with Crippen LogP contribution >= 0.6 is 23.1 Å². The molecule has 2 N–H and O–H groups in total. The highest BCUT2D eigenvalue weighted by atomic mass is 32.1. The van der Waals surface area contributed by atoms with Gasteiger partial charge in [0.2, 0.25) is 0 Å². The first kappa shape index (κ1) is 14.2. The molecular formula is C13H14N4O2S2. The summed E-state index contributed by atoms with van der Waals surface area (Å²) in [6, 6.07) is 1.93. The van der Waals surface area contributed by atoms with Crippen LogP contribution in [0.1, 0.15) is 43.9 Å². The Balaban J connectivity index is 1.62. The molecule has 6 nitrogen and oxygen atoms in total. The highest BCUT2D eigenvalue weighted by Crippen LogP contribution is 2.32. The molecule has 21 heavy (non-hydrogen) atoms. The Hall–Kier alpha value is -1.80. The van der Waals surface area contributed by atoms with Gasteiger partial charge in [0.15, 0.2) is 5.69 Å². The third-order valence-electron chi connectivity index (χ3n) is 3.44. The first-order valence-electron chi connectivity index (χ1n) is 6.63. The fourth-order valence-electron chi connectivity index (χ4n) is 2.32. The van der Waals surface area contributed by atoms with Crippen LogP contribution in [-0.2, 0) is 12.8 Å². The minimum Gasteiger partial charge on any atom is -0.266 e. The van der Waals surface area contributed by atoms with Gasteiger partial charge in [-0.1, -0.05) is 6.92 Å². The van der Waals surface area contributed by atoms with Crippen molar-refractivity contribution in [3.05, 3.63) is 33.3 Å². The summed E-state index contributed by atoms with van der Waals surface area (Å²) in [6.07, 6.45) is 4.58. The monoisotopic (exact) mass is 322 g/mol. The van der Waals surface area contributed by atoms with Gasteiger partial charge in [0.1, 0.15) is 0 Å². The molecule has 0 unspecified atom stereocenters. The summed E-state index contributed by atoms with van der Waals surface area (Å²) in [5, 5.41) is 0. The first-order chi connectivity index (χ1) is 10.1. The standard InChI is InChI=1S/C13H14N4O2S2/c1-7-2-3-10-8(4-7)5-11(20-10)13(19)16-15-12(18)9-6-14-21-17-9/h5-7H,2-4H2,1H3,(H,15,18)(H,16,19)/t7-/m1/s1. The number of nitrogens with one attached hydrogen (secondary N) is 2. The number of carbonyl (C=O) groups is 2. The Bertz CT molecular complexity index is 666. The van der Waals surface area contributed by atoms with E-state index in [2.05, 4.69) is 26.5 Å². The molecule has 1 aliphatic carbocycles. The van der Waals surface area contributed by atoms with Crippen molar-refractivity contribution < 1.29 is 9.59 Å². The molecular weight excluding hydrogens is 308 g/mol. The molecule has 0 radical (unpaired) electrons. The van der Waals surface area contributed by atoms with E-state index in [0.29, 0.717) is 10.8 Å². The molecule has 2 aromatic rings. The lowest BCUT2D eigenvalue weighted by Gasteiger charge is -2.16. The SMILES string of the molecule is C[C@@H]1CCc2sc(C(=O)NNC(=O)c3cnsn3)cc2C1. The van der Waals surface area contributed by atoms with E-state index in [1.54, 1.807) is 0 Å². The molecule has 0 saturated heterocycles. The predicted molar refractivity (Wildman–Crippen MR) is 80.3 cm³/mol. The van der Waals surface area contributed by atoms with Gasteiger partial charge in [0.05, 0.1) is 22.8 Å². The van der Waals surface area contributed by atoms with E-state index >= 15 is 0 Å². The van der Waals surface area contributed by atoms with Gasteiger partial charge in [-0.25, -0.2) is 0 Å². The molecule has 1 atom stereocenters. The summed E-state index contributed by atoms with van der Waals surface area (Å²) < 4.78 is 7.54. The second kappa shape index (κ2) is 5.90. The minimum atomic E-state index is -0.466. The zero-order valence-electron chi connectivity index (χ0n) is 11.4. The largest absolute Gasteiger partial charge is 0.291 e. The van der Waals surface area contributed by atoms with Crippen molar-refractivity contribution >= 4 is 34.9 Å². The van der Waals surface area contributed by atoms with Crippen molar-refractivity contribution in [1.82, 2.24) is 19.6 Å². The zero-order valence-corrected chi connectivity index (χ0v) is 13.0. The molecule has 110 valence electrons. The second-order valence-corrected chi connectivity index (χ2v) is 6.80. The van der Waals surface area contributed by atoms with Crippen LogP contribution in [0.5, 0.6) is 0 Å². The average Bonchev–Trinajstić information content (AvgIpc) is 3.12. The highest BCUT2D eigenvalue weighted by Gasteiger charge is 2.21. The number of thiophene rings is 1. The summed E-state index contributed by atoms with van der Waals surface area (Å²) in [5.41, 5.74) is 6.22. The number of rotatable bonds is 2. The topological polar surface area (TPSA) is 84.0 Å². The Labute approximate surface area is 129 Å². The number of aryl methyl sites for hydroxylation is 1. The molecule has 0 aliphatic heterocycles. The molecule has 0 fully saturated rings. The van der Waals surface area contributed by atoms with E-state index in [0.717, 1.165) is 24.6 Å². The number of hydrogen-bond acceptors (Lipinski definition) is 6. The van der Waals surface area contributed by atoms with Gasteiger partial charge in [-0.3, -0.25) is 20.4 Å². The highest BCUT2D eigenvalue weighted by molar-refractivity contribution is 7.14. The third kappa shape index (κ3) is 3.11. The minimum absolute atomic E-state index is 0.194. The van der Waals surface area contributed by atoms with E-state index in [4.69, 9.17) is 0 Å². The maximum atomic E-state index is 12.1. The van der Waals surface area contributed by atoms with Gasteiger partial charge < -0.3 is 0 Å². The van der Waals surface area contributed by atoms with Crippen molar-refractivity contribution in [2.24, 2.45) is 5.92 Å². The molecule has 8 heteroatoms. The van der Waals surface area contributed by atoms with Crippen LogP contribution in [0.25, 0.3) is 0 Å². The molecule has 1 aliphatic rings. The fraction of sp³-hybridized carbons (Fsp3) is 0.385. The maximum absolute atomic E-state index is 12.1. The Morgan fingerprint density at radius 1 is 1.33 bits per heavy atom. The number of hydrazine groups is 1. The summed E-state index contributed by atoms with van der Waals surface area (Å²) in [5.74, 6) is -0.0921. The summed E-state index contributed by atoms with van der Waals surface area (Å²) in [4.78, 5) is 25.6. The number of aromatic nitrogens is 2. The van der Waals surface area contributed by atoms with E-state index in [1.807, 2.05) is 6.07 Å². The summed E-state index contributed by atoms with van der Waals surface area (Å²) >= 11 is 2.45. The number of hydrogen-bond donors (Lipinski definition) is 2. The van der Waals surface area contributed by atoms with Gasteiger partial charge in [0, 0.05) is 4.88 Å². The van der Waals surface area contributed by atoms with Crippen LogP contribution in [0.2, 0.25) is 0 Å². The van der Waals surface area contributed by atoms with E-state index in [1.165, 1.54) is 34.4 Å². The lowest BCUT2D eigenvalue weighted by molar-refractivity contribution is 0.0846. The van der Waals surface area contributed by atoms with Gasteiger partial charge in [-0.2, -0.15) is 8.75 Å². The number of carbonyl (C=O) groups excluding carboxylic acids is 2. The third-order valence-corrected chi connectivity index (χ3v) is 5.15. The van der Waals surface area contributed by atoms with E-state index in [-0.39, 0.29) is 11.6 Å². The van der Waals surface area contributed by atoms with Gasteiger partial charge in [-0.15, -0.1) is 11.3 Å². The van der Waals surface area contributed by atoms with Crippen molar-refractivity contribution in [3.8, 4) is 0 Å². The number of fused-ring (bicyclic) bond motifs is 1. The molecule has 2 heterocycles. The quantitative estimate of drug-likeness (QED) is 0.826. The van der Waals surface area contributed by atoms with Crippen LogP contribution in [0.15, 0.2) is 12.3 Å². The van der Waals surface area contributed by atoms with Crippen LogP contribution in [0.4, 0.5) is 0 Å². The zero-order chi connectivity index (χ0) is 14.8. The molecule has 2 aromatic heterocycles. The van der Waals surface area contributed by atoms with Gasteiger partial charge in [-0.05, 0) is 36.8 Å². The smallest absolute Gasteiger partial charge is 0.266 e. The summed E-state index contributed by atoms with van der Waals surface area (Å²) in [6.45, 7) is 2.22. The van der Waals surface area contributed by atoms with Crippen molar-refractivity contribution in [3.63, 3.8) is 0 Å². The van der Waals surface area contributed by atoms with Crippen molar-refractivity contribution in [2.45, 2.75) is 26.2 Å². The molecule has 0 aromatic carbocycles. The second-order valence-electron chi connectivity index (χ2n) is 5.11. The lowest BCUT2D eigenvalue weighted by atomic mass is 9.90. The molecule has 0 saturated carbocycles. The van der Waals surface area contributed by atoms with E-state index < -0.39 is 5.91 Å². The Morgan fingerprint density at radius 3 is 2.90 bits per heavy atom. The fourth-order valence-corrected chi connectivity index (χ4v) is 3.84. The number of nitrogens with zero attached hydrogens (tertiary/aromatic N) is 2. The molecule has 2 amide bonds. The van der Waals surface area contributed by atoms with Crippen LogP contribution < -0.4 is 10.9 Å². The van der Waals surface area contributed by atoms with Crippen LogP contribution in [0, 0.1) is 5.92 Å². The van der Waals surface area contributed by atoms with Crippen molar-refractivity contribution in [2.75, 3.05) is 0 Å². The number of amides is 2. The normalized spacial score (nSPS) is 17.1. The maximum Gasteiger partial charge on any atom is 0.291 e. The van der Waals surface area contributed by atoms with E-state index in [9.17, 15) is 9.59 Å². The molecule has 3 rings (SSSR count). The predicted octanol–water partition coefficient (Wildman–Crippen LogP) is 1.80. The Kier molecular flexibility index (Phi) is 3.98. The van der Waals surface area contributed by atoms with Gasteiger partial charge >= 0.3 is 0 Å². The summed E-state index contributed by atoms with van der Waals surface area (Å²) in [7, 11) is 0. The molecule has 0 spiro atoms. The Morgan fingerprint density at radius 2 is 2.14 bits per heavy atom.